The van der Waals surface area contributed by atoms with Crippen LogP contribution in [0.2, 0.25) is 0 Å². The van der Waals surface area contributed by atoms with Crippen molar-refractivity contribution in [2.75, 3.05) is 13.7 Å². The minimum atomic E-state index is -2.54. The first-order valence-corrected chi connectivity index (χ1v) is 10.3. The van der Waals surface area contributed by atoms with Gasteiger partial charge in [0.05, 0.1) is 13.2 Å². The monoisotopic (exact) mass is 427 g/mol. The molecule has 164 valence electrons. The Kier molecular flexibility index (Phi) is 4.09. The molecule has 0 radical (unpaired) electrons. The van der Waals surface area contributed by atoms with Gasteiger partial charge >= 0.3 is 0 Å². The maximum atomic E-state index is 13.5. The van der Waals surface area contributed by atoms with E-state index < -0.39 is 35.4 Å². The summed E-state index contributed by atoms with van der Waals surface area (Å²) in [6.45, 7) is 3.81. The van der Waals surface area contributed by atoms with Crippen LogP contribution >= 0.6 is 0 Å². The number of methoxy groups -OCH3 is 1. The van der Waals surface area contributed by atoms with Gasteiger partial charge in [0, 0.05) is 41.2 Å². The molecule has 0 bridgehead atoms. The molecule has 3 aliphatic heterocycles. The highest BCUT2D eigenvalue weighted by Gasteiger charge is 2.70. The third-order valence-electron chi connectivity index (χ3n) is 6.64. The molecule has 4 atom stereocenters. The molecule has 3 aliphatic rings. The van der Waals surface area contributed by atoms with E-state index in [0.29, 0.717) is 34.3 Å². The van der Waals surface area contributed by atoms with Crippen molar-refractivity contribution in [3.05, 3.63) is 41.1 Å². The molecule has 31 heavy (non-hydrogen) atoms. The number of nitrogens with zero attached hydrogens (tertiary/aromatic N) is 2. The van der Waals surface area contributed by atoms with Crippen LogP contribution in [0.5, 0.6) is 5.75 Å². The summed E-state index contributed by atoms with van der Waals surface area (Å²) in [5.74, 6) is -1.08. The number of H-pyrrole nitrogens is 1. The largest absolute Gasteiger partial charge is 0.497 e. The van der Waals surface area contributed by atoms with Crippen LogP contribution < -0.4 is 4.74 Å². The number of benzene rings is 1. The summed E-state index contributed by atoms with van der Waals surface area (Å²) in [5, 5.41) is 34.7. The van der Waals surface area contributed by atoms with Crippen molar-refractivity contribution in [1.82, 2.24) is 14.8 Å². The van der Waals surface area contributed by atoms with Crippen molar-refractivity contribution >= 4 is 22.7 Å². The van der Waals surface area contributed by atoms with Gasteiger partial charge in [0.25, 0.3) is 17.5 Å². The number of hydrogen-bond acceptors (Lipinski definition) is 6. The molecule has 2 fully saturated rings. The zero-order valence-electron chi connectivity index (χ0n) is 17.5. The first kappa shape index (κ1) is 20.0. The van der Waals surface area contributed by atoms with E-state index >= 15 is 0 Å². The lowest BCUT2D eigenvalue weighted by Gasteiger charge is -2.56. The van der Waals surface area contributed by atoms with E-state index in [9.17, 15) is 24.9 Å². The smallest absolute Gasteiger partial charge is 0.281 e. The molecule has 1 aromatic heterocycles. The lowest BCUT2D eigenvalue weighted by molar-refractivity contribution is -0.254. The number of aliphatic hydroxyl groups is 3. The summed E-state index contributed by atoms with van der Waals surface area (Å²) in [6, 6.07) is 4.34. The van der Waals surface area contributed by atoms with Crippen molar-refractivity contribution in [2.24, 2.45) is 0 Å². The van der Waals surface area contributed by atoms with E-state index in [1.807, 2.05) is 13.8 Å². The number of aliphatic hydroxyl groups excluding tert-OH is 1. The number of fused-ring (bicyclic) bond motifs is 5. The number of allylic oxidation sites excluding steroid dienone is 1. The van der Waals surface area contributed by atoms with Crippen LogP contribution in [0.25, 0.3) is 10.9 Å². The Hall–Kier alpha value is -2.88. The molecule has 2 amide bonds. The van der Waals surface area contributed by atoms with Crippen LogP contribution in [-0.4, -0.2) is 67.0 Å². The Morgan fingerprint density at radius 2 is 2.00 bits per heavy atom. The lowest BCUT2D eigenvalue weighted by atomic mass is 9.81. The van der Waals surface area contributed by atoms with Crippen LogP contribution in [0.1, 0.15) is 50.1 Å². The van der Waals surface area contributed by atoms with Crippen molar-refractivity contribution in [3.63, 3.8) is 0 Å². The fourth-order valence-corrected chi connectivity index (χ4v) is 5.21. The van der Waals surface area contributed by atoms with Gasteiger partial charge in [-0.05, 0) is 32.4 Å². The number of piperazine rings is 1. The molecule has 5 rings (SSSR count). The maximum Gasteiger partial charge on any atom is 0.281 e. The second kappa shape index (κ2) is 6.32. The SMILES string of the molecule is COc1ccc2c3c([nH]c2c1)[C@H](C=C(C)C)N1C(=O)C2(O)CCCN2C(=O)[C@@]1(O)[C@H]3O. The first-order valence-electron chi connectivity index (χ1n) is 10.3. The van der Waals surface area contributed by atoms with E-state index in [-0.39, 0.29) is 13.0 Å². The highest BCUT2D eigenvalue weighted by Crippen LogP contribution is 2.53. The van der Waals surface area contributed by atoms with Crippen molar-refractivity contribution in [1.29, 1.82) is 0 Å². The quantitative estimate of drug-likeness (QED) is 0.531. The number of nitrogens with one attached hydrogen (secondary N) is 1. The van der Waals surface area contributed by atoms with Gasteiger partial charge in [0.2, 0.25) is 5.72 Å². The topological polar surface area (TPSA) is 126 Å². The fourth-order valence-electron chi connectivity index (χ4n) is 5.21. The Morgan fingerprint density at radius 1 is 1.26 bits per heavy atom. The number of amides is 2. The van der Waals surface area contributed by atoms with Crippen LogP contribution in [-0.2, 0) is 9.59 Å². The minimum absolute atomic E-state index is 0.0819. The van der Waals surface area contributed by atoms with E-state index in [1.54, 1.807) is 31.4 Å². The first-order chi connectivity index (χ1) is 14.6. The summed E-state index contributed by atoms with van der Waals surface area (Å²) >= 11 is 0. The van der Waals surface area contributed by atoms with Crippen molar-refractivity contribution in [2.45, 2.75) is 50.3 Å². The van der Waals surface area contributed by atoms with Crippen LogP contribution in [0.15, 0.2) is 29.8 Å². The molecule has 0 spiro atoms. The van der Waals surface area contributed by atoms with Gasteiger partial charge in [-0.15, -0.1) is 0 Å². The predicted octanol–water partition coefficient (Wildman–Crippen LogP) is 1.07. The average Bonchev–Trinajstić information content (AvgIpc) is 3.31. The molecule has 2 aromatic rings. The van der Waals surface area contributed by atoms with Crippen LogP contribution in [0.3, 0.4) is 0 Å². The highest BCUT2D eigenvalue weighted by molar-refractivity contribution is 6.03. The normalized spacial score (nSPS) is 32.1. The van der Waals surface area contributed by atoms with Gasteiger partial charge in [-0.1, -0.05) is 11.6 Å². The molecule has 4 N–H and O–H groups in total. The standard InChI is InChI=1S/C22H25N3O6/c1-11(2)9-15-17-16(13-6-5-12(31-3)10-14(13)23-17)18(26)22(30)20(28)24-8-4-7-21(24,29)19(27)25(15)22/h5-6,9-10,15,18,23,26,29-30H,4,7-8H2,1-3H3/t15-,18-,21?,22-/m0/s1. The summed E-state index contributed by atoms with van der Waals surface area (Å²) in [7, 11) is 1.54. The second-order valence-corrected chi connectivity index (χ2v) is 8.73. The van der Waals surface area contributed by atoms with Gasteiger partial charge in [-0.2, -0.15) is 0 Å². The highest BCUT2D eigenvalue weighted by atomic mass is 16.5. The average molecular weight is 427 g/mol. The number of rotatable bonds is 2. The summed E-state index contributed by atoms with van der Waals surface area (Å²) in [6.07, 6.45) is 0.544. The molecule has 9 nitrogen and oxygen atoms in total. The lowest BCUT2D eigenvalue weighted by Crippen LogP contribution is -2.78. The predicted molar refractivity (Wildman–Crippen MR) is 110 cm³/mol. The second-order valence-electron chi connectivity index (χ2n) is 8.73. The van der Waals surface area contributed by atoms with Gasteiger partial charge in [-0.3, -0.25) is 14.5 Å². The van der Waals surface area contributed by atoms with Gasteiger partial charge < -0.3 is 29.9 Å². The zero-order chi connectivity index (χ0) is 22.3. The Labute approximate surface area is 178 Å². The van der Waals surface area contributed by atoms with Gasteiger partial charge in [-0.25, -0.2) is 0 Å². The Bertz CT molecular complexity index is 1150. The fraction of sp³-hybridized carbons (Fsp3) is 0.455. The zero-order valence-corrected chi connectivity index (χ0v) is 17.5. The molecular weight excluding hydrogens is 402 g/mol. The molecule has 2 saturated heterocycles. The third-order valence-corrected chi connectivity index (χ3v) is 6.64. The third kappa shape index (κ3) is 2.36. The number of carbonyl (C=O) groups is 2. The van der Waals surface area contributed by atoms with E-state index in [2.05, 4.69) is 4.98 Å². The van der Waals surface area contributed by atoms with Crippen LogP contribution in [0, 0.1) is 0 Å². The molecule has 1 unspecified atom stereocenters. The molecule has 0 saturated carbocycles. The van der Waals surface area contributed by atoms with E-state index in [4.69, 9.17) is 4.74 Å². The van der Waals surface area contributed by atoms with E-state index in [0.717, 1.165) is 15.4 Å². The number of hydrogen-bond donors (Lipinski definition) is 4. The van der Waals surface area contributed by atoms with Gasteiger partial charge in [0.1, 0.15) is 11.9 Å². The number of aromatic amines is 1. The summed E-state index contributed by atoms with van der Waals surface area (Å²) in [4.78, 5) is 32.1. The maximum absolute atomic E-state index is 13.5. The Balaban J connectivity index is 1.81. The van der Waals surface area contributed by atoms with Crippen LogP contribution in [0.4, 0.5) is 0 Å². The van der Waals surface area contributed by atoms with Crippen molar-refractivity contribution in [3.8, 4) is 5.75 Å². The minimum Gasteiger partial charge on any atom is -0.497 e. The number of ether oxygens (including phenoxy) is 1. The number of carbonyl (C=O) groups excluding carboxylic acids is 2. The molecular formula is C22H25N3O6. The number of aromatic nitrogens is 1. The summed E-state index contributed by atoms with van der Waals surface area (Å²) in [5.41, 5.74) is -2.25. The van der Waals surface area contributed by atoms with E-state index in [1.165, 1.54) is 0 Å². The molecule has 4 heterocycles. The van der Waals surface area contributed by atoms with Gasteiger partial charge in [0.15, 0.2) is 0 Å². The summed E-state index contributed by atoms with van der Waals surface area (Å²) < 4.78 is 5.28. The van der Waals surface area contributed by atoms with Crippen molar-refractivity contribution < 1.29 is 29.6 Å². The molecule has 0 aliphatic carbocycles. The molecule has 1 aromatic carbocycles. The molecule has 9 heteroatoms. The Morgan fingerprint density at radius 3 is 2.68 bits per heavy atom.